The minimum atomic E-state index is -3.69. The van der Waals surface area contributed by atoms with Gasteiger partial charge in [-0.25, -0.2) is 13.2 Å². The molecule has 2 heterocycles. The van der Waals surface area contributed by atoms with E-state index in [1.165, 1.54) is 22.8 Å². The number of benzene rings is 2. The van der Waals surface area contributed by atoms with Crippen molar-refractivity contribution in [3.05, 3.63) is 71.0 Å². The number of esters is 1. The first-order chi connectivity index (χ1) is 16.7. The van der Waals surface area contributed by atoms with E-state index in [0.29, 0.717) is 36.3 Å². The minimum Gasteiger partial charge on any atom is -0.465 e. The highest BCUT2D eigenvalue weighted by Crippen LogP contribution is 2.25. The van der Waals surface area contributed by atoms with Crippen molar-refractivity contribution < 1.29 is 22.7 Å². The van der Waals surface area contributed by atoms with Gasteiger partial charge in [0.1, 0.15) is 0 Å². The fourth-order valence-electron chi connectivity index (χ4n) is 4.12. The molecule has 2 aromatic carbocycles. The lowest BCUT2D eigenvalue weighted by Gasteiger charge is -2.30. The van der Waals surface area contributed by atoms with Crippen LogP contribution in [0.15, 0.2) is 65.0 Å². The Morgan fingerprint density at radius 2 is 1.97 bits per heavy atom. The Hall–Kier alpha value is -3.08. The highest BCUT2D eigenvalue weighted by Gasteiger charge is 2.33. The van der Waals surface area contributed by atoms with Crippen LogP contribution in [0.5, 0.6) is 0 Å². The van der Waals surface area contributed by atoms with Crippen molar-refractivity contribution in [1.29, 1.82) is 0 Å². The number of methoxy groups -OCH3 is 1. The first-order valence-corrected chi connectivity index (χ1v) is 13.5. The summed E-state index contributed by atoms with van der Waals surface area (Å²) in [6, 6.07) is 11.9. The van der Waals surface area contributed by atoms with Gasteiger partial charge in [-0.1, -0.05) is 35.1 Å². The molecule has 0 spiro atoms. The summed E-state index contributed by atoms with van der Waals surface area (Å²) in [7, 11) is -2.37. The van der Waals surface area contributed by atoms with Gasteiger partial charge in [0.2, 0.25) is 10.0 Å². The number of thiazole rings is 1. The number of carbonyl (C=O) groups excluding carboxylic acids is 2. The van der Waals surface area contributed by atoms with E-state index in [0.717, 1.165) is 15.8 Å². The van der Waals surface area contributed by atoms with E-state index in [9.17, 15) is 18.0 Å². The van der Waals surface area contributed by atoms with Gasteiger partial charge in [-0.15, -0.1) is 6.58 Å². The second kappa shape index (κ2) is 10.3. The van der Waals surface area contributed by atoms with Crippen LogP contribution in [0, 0.1) is 12.8 Å². The van der Waals surface area contributed by atoms with Gasteiger partial charge in [0.15, 0.2) is 4.80 Å². The maximum Gasteiger partial charge on any atom is 0.337 e. The Kier molecular flexibility index (Phi) is 7.34. The van der Waals surface area contributed by atoms with Gasteiger partial charge in [0, 0.05) is 19.6 Å². The minimum absolute atomic E-state index is 0.0946. The van der Waals surface area contributed by atoms with Crippen LogP contribution in [0.25, 0.3) is 10.2 Å². The summed E-state index contributed by atoms with van der Waals surface area (Å²) in [4.78, 5) is 30.2. The number of nitrogens with zero attached hydrogens (tertiary/aromatic N) is 3. The quantitative estimate of drug-likeness (QED) is 0.371. The molecule has 8 nitrogen and oxygen atoms in total. The smallest absolute Gasteiger partial charge is 0.337 e. The summed E-state index contributed by atoms with van der Waals surface area (Å²) in [6.07, 6.45) is 2.86. The Balaban J connectivity index is 1.64. The third-order valence-electron chi connectivity index (χ3n) is 6.01. The summed E-state index contributed by atoms with van der Waals surface area (Å²) < 4.78 is 35.1. The molecule has 1 amide bonds. The van der Waals surface area contributed by atoms with Gasteiger partial charge in [0.05, 0.1) is 33.7 Å². The molecule has 4 rings (SSSR count). The second-order valence-electron chi connectivity index (χ2n) is 8.42. The molecule has 1 aliphatic rings. The Morgan fingerprint density at radius 3 is 2.66 bits per heavy atom. The molecular weight excluding hydrogens is 486 g/mol. The molecule has 0 N–H and O–H groups in total. The Morgan fingerprint density at radius 1 is 1.23 bits per heavy atom. The lowest BCUT2D eigenvalue weighted by Crippen LogP contribution is -2.42. The van der Waals surface area contributed by atoms with E-state index in [1.54, 1.807) is 48.5 Å². The van der Waals surface area contributed by atoms with Crippen LogP contribution in [-0.4, -0.2) is 49.4 Å². The number of rotatable bonds is 6. The molecule has 0 saturated carbocycles. The lowest BCUT2D eigenvalue weighted by molar-refractivity contribution is -0.122. The van der Waals surface area contributed by atoms with Gasteiger partial charge in [0.25, 0.3) is 5.91 Å². The molecule has 35 heavy (non-hydrogen) atoms. The van der Waals surface area contributed by atoms with Crippen LogP contribution < -0.4 is 4.80 Å². The first-order valence-electron chi connectivity index (χ1n) is 11.2. The van der Waals surface area contributed by atoms with Crippen LogP contribution in [-0.2, 0) is 26.1 Å². The number of allylic oxidation sites excluding steroid dienone is 1. The molecule has 1 saturated heterocycles. The molecule has 0 radical (unpaired) electrons. The number of hydrogen-bond acceptors (Lipinski definition) is 6. The molecule has 10 heteroatoms. The summed E-state index contributed by atoms with van der Waals surface area (Å²) in [6.45, 7) is 6.59. The largest absolute Gasteiger partial charge is 0.465 e. The molecule has 1 aliphatic heterocycles. The SMILES string of the molecule is C=CCn1c(=NC(=O)C2CCCN(S(=O)(=O)c3ccc(C)cc3)C2)sc2cc(C(=O)OC)ccc21. The van der Waals surface area contributed by atoms with Crippen molar-refractivity contribution in [2.75, 3.05) is 20.2 Å². The number of piperidine rings is 1. The molecule has 1 atom stereocenters. The number of sulfonamides is 1. The standard InChI is InChI=1S/C25H27N3O5S2/c1-4-13-28-21-12-9-18(24(30)33-3)15-22(21)34-25(28)26-23(29)19-6-5-14-27(16-19)35(31,32)20-10-7-17(2)8-11-20/h4,7-12,15,19H,1,5-6,13-14,16H2,2-3H3. The average molecular weight is 514 g/mol. The monoisotopic (exact) mass is 513 g/mol. The summed E-state index contributed by atoms with van der Waals surface area (Å²) >= 11 is 1.29. The van der Waals surface area contributed by atoms with Gasteiger partial charge in [-0.05, 0) is 50.1 Å². The van der Waals surface area contributed by atoms with E-state index in [2.05, 4.69) is 11.6 Å². The Labute approximate surface area is 208 Å². The fourth-order valence-corrected chi connectivity index (χ4v) is 6.72. The van der Waals surface area contributed by atoms with Gasteiger partial charge >= 0.3 is 5.97 Å². The Bertz CT molecular complexity index is 1450. The van der Waals surface area contributed by atoms with Gasteiger partial charge in [-0.2, -0.15) is 9.30 Å². The zero-order valence-electron chi connectivity index (χ0n) is 19.6. The molecule has 184 valence electrons. The zero-order chi connectivity index (χ0) is 25.2. The molecule has 3 aromatic rings. The van der Waals surface area contributed by atoms with E-state index >= 15 is 0 Å². The highest BCUT2D eigenvalue weighted by atomic mass is 32.2. The maximum absolute atomic E-state index is 13.2. The number of hydrogen-bond donors (Lipinski definition) is 0. The molecule has 0 aliphatic carbocycles. The average Bonchev–Trinajstić information content (AvgIpc) is 3.20. The number of amides is 1. The van der Waals surface area contributed by atoms with Crippen molar-refractivity contribution in [1.82, 2.24) is 8.87 Å². The topological polar surface area (TPSA) is 98.0 Å². The zero-order valence-corrected chi connectivity index (χ0v) is 21.3. The number of aryl methyl sites for hydroxylation is 1. The molecule has 1 fully saturated rings. The summed E-state index contributed by atoms with van der Waals surface area (Å²) in [5.41, 5.74) is 2.21. The van der Waals surface area contributed by atoms with Crippen LogP contribution in [0.2, 0.25) is 0 Å². The van der Waals surface area contributed by atoms with Crippen molar-refractivity contribution in [3.8, 4) is 0 Å². The van der Waals surface area contributed by atoms with E-state index < -0.39 is 21.9 Å². The third-order valence-corrected chi connectivity index (χ3v) is 8.93. The van der Waals surface area contributed by atoms with Crippen LogP contribution in [0.3, 0.4) is 0 Å². The molecule has 1 aromatic heterocycles. The van der Waals surface area contributed by atoms with Crippen molar-refractivity contribution >= 4 is 43.5 Å². The fraction of sp³-hybridized carbons (Fsp3) is 0.320. The van der Waals surface area contributed by atoms with Crippen molar-refractivity contribution in [2.45, 2.75) is 31.2 Å². The van der Waals surface area contributed by atoms with Gasteiger partial charge < -0.3 is 9.30 Å². The highest BCUT2D eigenvalue weighted by molar-refractivity contribution is 7.89. The molecule has 0 bridgehead atoms. The normalized spacial score (nSPS) is 17.4. The van der Waals surface area contributed by atoms with E-state index in [-0.39, 0.29) is 17.3 Å². The number of ether oxygens (including phenoxy) is 1. The number of aromatic nitrogens is 1. The maximum atomic E-state index is 13.2. The van der Waals surface area contributed by atoms with Crippen molar-refractivity contribution in [3.63, 3.8) is 0 Å². The predicted octanol–water partition coefficient (Wildman–Crippen LogP) is 3.51. The van der Waals surface area contributed by atoms with E-state index in [1.807, 2.05) is 11.5 Å². The summed E-state index contributed by atoms with van der Waals surface area (Å²) in [5, 5.41) is 0. The lowest BCUT2D eigenvalue weighted by atomic mass is 9.99. The number of carbonyl (C=O) groups is 2. The van der Waals surface area contributed by atoms with Crippen LogP contribution in [0.1, 0.15) is 28.8 Å². The first kappa shape index (κ1) is 25.0. The van der Waals surface area contributed by atoms with Gasteiger partial charge in [-0.3, -0.25) is 4.79 Å². The predicted molar refractivity (Wildman–Crippen MR) is 135 cm³/mol. The molecular formula is C25H27N3O5S2. The third kappa shape index (κ3) is 5.14. The molecule has 1 unspecified atom stereocenters. The second-order valence-corrected chi connectivity index (χ2v) is 11.4. The number of fused-ring (bicyclic) bond motifs is 1. The van der Waals surface area contributed by atoms with E-state index in [4.69, 9.17) is 4.74 Å². The van der Waals surface area contributed by atoms with Crippen molar-refractivity contribution in [2.24, 2.45) is 10.9 Å². The summed E-state index contributed by atoms with van der Waals surface area (Å²) in [5.74, 6) is -1.33. The van der Waals surface area contributed by atoms with Crippen LogP contribution in [0.4, 0.5) is 0 Å². The van der Waals surface area contributed by atoms with Crippen LogP contribution >= 0.6 is 11.3 Å².